The first-order valence-corrected chi connectivity index (χ1v) is 11.6. The Labute approximate surface area is 195 Å². The fourth-order valence-corrected chi connectivity index (χ4v) is 4.25. The van der Waals surface area contributed by atoms with Gasteiger partial charge in [-0.15, -0.1) is 0 Å². The minimum atomic E-state index is -2.38. The van der Waals surface area contributed by atoms with Crippen molar-refractivity contribution in [3.05, 3.63) is 33.8 Å². The predicted octanol–water partition coefficient (Wildman–Crippen LogP) is 1.69. The maximum Gasteiger partial charge on any atom is 0.378 e. The highest BCUT2D eigenvalue weighted by molar-refractivity contribution is 5.96. The van der Waals surface area contributed by atoms with Gasteiger partial charge in [0, 0.05) is 31.1 Å². The molecule has 2 fully saturated rings. The highest BCUT2D eigenvalue weighted by atomic mass is 19.3. The first kappa shape index (κ1) is 23.9. The van der Waals surface area contributed by atoms with Gasteiger partial charge in [-0.25, -0.2) is 18.7 Å². The fourth-order valence-electron chi connectivity index (χ4n) is 4.25. The van der Waals surface area contributed by atoms with Crippen LogP contribution in [0.15, 0.2) is 17.1 Å². The lowest BCUT2D eigenvalue weighted by molar-refractivity contribution is -0.686. The molecular formula is C23H30F2N5O4+. The molecule has 2 aromatic heterocycles. The van der Waals surface area contributed by atoms with Crippen molar-refractivity contribution in [2.75, 3.05) is 13.1 Å². The number of H-pyrrole nitrogens is 1. The molecule has 1 aliphatic carbocycles. The Bertz CT molecular complexity index is 1170. The molecule has 3 N–H and O–H groups in total. The quantitative estimate of drug-likeness (QED) is 0.415. The Morgan fingerprint density at radius 2 is 1.94 bits per heavy atom. The molecule has 3 heterocycles. The number of nitrogens with one attached hydrogen (secondary N) is 2. The fraction of sp³-hybridized carbons (Fsp3) is 0.565. The van der Waals surface area contributed by atoms with Gasteiger partial charge in [-0.3, -0.25) is 9.59 Å². The number of piperidine rings is 1. The second kappa shape index (κ2) is 9.55. The van der Waals surface area contributed by atoms with Gasteiger partial charge < -0.3 is 15.3 Å². The van der Waals surface area contributed by atoms with Crippen LogP contribution >= 0.6 is 0 Å². The van der Waals surface area contributed by atoms with Crippen LogP contribution < -0.4 is 15.4 Å². The predicted molar refractivity (Wildman–Crippen MR) is 120 cm³/mol. The number of hydrogen-bond acceptors (Lipinski definition) is 4. The van der Waals surface area contributed by atoms with Gasteiger partial charge in [-0.2, -0.15) is 4.57 Å². The van der Waals surface area contributed by atoms with Crippen molar-refractivity contribution >= 4 is 23.5 Å². The summed E-state index contributed by atoms with van der Waals surface area (Å²) < 4.78 is 28.4. The molecule has 184 valence electrons. The van der Waals surface area contributed by atoms with E-state index in [4.69, 9.17) is 0 Å². The number of amides is 2. The molecule has 0 radical (unpaired) electrons. The van der Waals surface area contributed by atoms with Crippen LogP contribution in [0.5, 0.6) is 5.88 Å². The van der Waals surface area contributed by atoms with Crippen molar-refractivity contribution in [3.8, 4) is 5.88 Å². The first-order chi connectivity index (χ1) is 16.2. The number of aromatic amines is 1. The average molecular weight is 479 g/mol. The summed E-state index contributed by atoms with van der Waals surface area (Å²) in [7, 11) is 0. The molecule has 11 heteroatoms. The van der Waals surface area contributed by atoms with E-state index in [0.29, 0.717) is 17.8 Å². The van der Waals surface area contributed by atoms with E-state index >= 15 is 0 Å². The van der Waals surface area contributed by atoms with Crippen LogP contribution in [-0.2, 0) is 11.3 Å². The van der Waals surface area contributed by atoms with Gasteiger partial charge in [0.05, 0.1) is 18.3 Å². The summed E-state index contributed by atoms with van der Waals surface area (Å²) in [5.41, 5.74) is -0.233. The van der Waals surface area contributed by atoms with E-state index in [1.54, 1.807) is 0 Å². The summed E-state index contributed by atoms with van der Waals surface area (Å²) >= 11 is 0. The van der Waals surface area contributed by atoms with Crippen LogP contribution in [0, 0.1) is 11.8 Å². The SMILES string of the molecule is CC(C)C[n+]1c(O)c(C(=O)NC2CC2)c(=O)n2[nH]cc(/C=C/C(=O)N3CCC(C(F)F)CC3)c21. The normalized spacial score (nSPS) is 17.4. The van der Waals surface area contributed by atoms with E-state index in [0.717, 1.165) is 12.8 Å². The first-order valence-electron chi connectivity index (χ1n) is 11.6. The van der Waals surface area contributed by atoms with Gasteiger partial charge in [0.1, 0.15) is 0 Å². The van der Waals surface area contributed by atoms with Crippen molar-refractivity contribution < 1.29 is 28.0 Å². The van der Waals surface area contributed by atoms with E-state index in [1.165, 1.54) is 32.3 Å². The second-order valence-electron chi connectivity index (χ2n) is 9.47. The van der Waals surface area contributed by atoms with Gasteiger partial charge in [0.15, 0.2) is 0 Å². The Kier molecular flexibility index (Phi) is 6.72. The molecule has 2 aliphatic rings. The van der Waals surface area contributed by atoms with E-state index in [1.807, 2.05) is 13.8 Å². The Hall–Kier alpha value is -3.24. The number of alkyl halides is 2. The third-order valence-electron chi connectivity index (χ3n) is 6.27. The molecule has 0 spiro atoms. The minimum absolute atomic E-state index is 0.0180. The topological polar surface area (TPSA) is 111 Å². The molecule has 2 aromatic rings. The molecule has 0 unspecified atom stereocenters. The van der Waals surface area contributed by atoms with E-state index < -0.39 is 29.7 Å². The number of fused-ring (bicyclic) bond motifs is 1. The third-order valence-corrected chi connectivity index (χ3v) is 6.27. The Morgan fingerprint density at radius 3 is 2.53 bits per heavy atom. The number of aromatic nitrogens is 3. The number of rotatable bonds is 7. The van der Waals surface area contributed by atoms with Crippen molar-refractivity contribution in [2.24, 2.45) is 11.8 Å². The number of aromatic hydroxyl groups is 1. The number of likely N-dealkylation sites (tertiary alicyclic amines) is 1. The van der Waals surface area contributed by atoms with Crippen LogP contribution in [0.1, 0.15) is 55.5 Å². The molecule has 1 saturated carbocycles. The third kappa shape index (κ3) is 4.83. The molecule has 1 aliphatic heterocycles. The second-order valence-corrected chi connectivity index (χ2v) is 9.47. The van der Waals surface area contributed by atoms with Gasteiger partial charge in [-0.05, 0) is 37.7 Å². The molecule has 9 nitrogen and oxygen atoms in total. The zero-order chi connectivity index (χ0) is 24.6. The minimum Gasteiger partial charge on any atom is -0.477 e. The van der Waals surface area contributed by atoms with Crippen molar-refractivity contribution in [1.29, 1.82) is 0 Å². The largest absolute Gasteiger partial charge is 0.477 e. The molecule has 0 atom stereocenters. The lowest BCUT2D eigenvalue weighted by Gasteiger charge is -2.30. The molecule has 1 saturated heterocycles. The number of nitrogens with zero attached hydrogens (tertiary/aromatic N) is 3. The molecule has 0 bridgehead atoms. The monoisotopic (exact) mass is 478 g/mol. The zero-order valence-electron chi connectivity index (χ0n) is 19.3. The lowest BCUT2D eigenvalue weighted by Crippen LogP contribution is -2.46. The van der Waals surface area contributed by atoms with Crippen LogP contribution in [0.2, 0.25) is 0 Å². The average Bonchev–Trinajstić information content (AvgIpc) is 3.50. The number of hydrogen-bond donors (Lipinski definition) is 3. The molecular weight excluding hydrogens is 448 g/mol. The van der Waals surface area contributed by atoms with Gasteiger partial charge in [-0.1, -0.05) is 18.4 Å². The number of carbonyl (C=O) groups is 2. The standard InChI is InChI=1S/C23H29F2N5O4/c1-13(2)12-29-21-15(3-6-17(31)28-9-7-14(8-10-28)19(24)25)11-26-30(21)23(34)18(22(29)33)20(32)27-16-4-5-16/h3,6,11,13-14,16,19H,4-5,7-10,12H2,1-2H3,(H2,27,32,33,34)/p+1/b6-3+. The van der Waals surface area contributed by atoms with Gasteiger partial charge in [0.2, 0.25) is 17.9 Å². The van der Waals surface area contributed by atoms with Crippen LogP contribution in [0.3, 0.4) is 0 Å². The molecule has 34 heavy (non-hydrogen) atoms. The van der Waals surface area contributed by atoms with Crippen molar-refractivity contribution in [2.45, 2.75) is 58.5 Å². The summed E-state index contributed by atoms with van der Waals surface area (Å²) in [5, 5.41) is 16.5. The van der Waals surface area contributed by atoms with Gasteiger partial charge >= 0.3 is 17.1 Å². The van der Waals surface area contributed by atoms with E-state index in [2.05, 4.69) is 10.4 Å². The Morgan fingerprint density at radius 1 is 1.26 bits per heavy atom. The van der Waals surface area contributed by atoms with Crippen LogP contribution in [0.4, 0.5) is 8.78 Å². The van der Waals surface area contributed by atoms with Crippen molar-refractivity contribution in [3.63, 3.8) is 0 Å². The summed E-state index contributed by atoms with van der Waals surface area (Å²) in [6.07, 6.45) is 4.19. The number of carbonyl (C=O) groups excluding carboxylic acids is 2. The van der Waals surface area contributed by atoms with Crippen LogP contribution in [-0.4, -0.2) is 57.0 Å². The maximum absolute atomic E-state index is 13.1. The molecule has 4 rings (SSSR count). The summed E-state index contributed by atoms with van der Waals surface area (Å²) in [6, 6.07) is 0.0180. The van der Waals surface area contributed by atoms with E-state index in [9.17, 15) is 28.3 Å². The maximum atomic E-state index is 13.1. The van der Waals surface area contributed by atoms with Crippen LogP contribution in [0.25, 0.3) is 11.7 Å². The smallest absolute Gasteiger partial charge is 0.378 e. The zero-order valence-corrected chi connectivity index (χ0v) is 19.3. The highest BCUT2D eigenvalue weighted by Gasteiger charge is 2.34. The number of halogens is 2. The van der Waals surface area contributed by atoms with Gasteiger partial charge in [0.25, 0.3) is 5.91 Å². The molecule has 2 amide bonds. The summed E-state index contributed by atoms with van der Waals surface area (Å²) in [4.78, 5) is 39.9. The molecule has 0 aromatic carbocycles. The van der Waals surface area contributed by atoms with E-state index in [-0.39, 0.29) is 49.4 Å². The highest BCUT2D eigenvalue weighted by Crippen LogP contribution is 2.24. The summed E-state index contributed by atoms with van der Waals surface area (Å²) in [5.74, 6) is -1.95. The van der Waals surface area contributed by atoms with Crippen molar-refractivity contribution in [1.82, 2.24) is 19.8 Å². The Balaban J connectivity index is 1.65. The lowest BCUT2D eigenvalue weighted by atomic mass is 9.97. The summed E-state index contributed by atoms with van der Waals surface area (Å²) in [6.45, 7) is 4.73.